The van der Waals surface area contributed by atoms with E-state index in [2.05, 4.69) is 5.10 Å². The van der Waals surface area contributed by atoms with Crippen LogP contribution < -0.4 is 0 Å². The normalized spacial score (nSPS) is 16.5. The lowest BCUT2D eigenvalue weighted by molar-refractivity contribution is -0.0213. The molecule has 140 valence electrons. The van der Waals surface area contributed by atoms with E-state index >= 15 is 0 Å². The Bertz CT molecular complexity index is 942. The molecule has 1 N–H and O–H groups in total. The first-order chi connectivity index (χ1) is 13.0. The van der Waals surface area contributed by atoms with Crippen molar-refractivity contribution in [1.82, 2.24) is 14.7 Å². The zero-order chi connectivity index (χ0) is 19.0. The van der Waals surface area contributed by atoms with Crippen LogP contribution in [0.4, 0.5) is 0 Å². The molecule has 2 aromatic heterocycles. The van der Waals surface area contributed by atoms with E-state index in [1.54, 1.807) is 40.1 Å². The van der Waals surface area contributed by atoms with E-state index in [0.717, 1.165) is 16.1 Å². The molecule has 0 unspecified atom stereocenters. The summed E-state index contributed by atoms with van der Waals surface area (Å²) in [5.41, 5.74) is 1.30. The summed E-state index contributed by atoms with van der Waals surface area (Å²) in [7, 11) is 1.79. The molecule has 0 bridgehead atoms. The van der Waals surface area contributed by atoms with Crippen LogP contribution in [0.2, 0.25) is 5.02 Å². The summed E-state index contributed by atoms with van der Waals surface area (Å²) >= 11 is 7.54. The first-order valence-electron chi connectivity index (χ1n) is 8.82. The molecule has 1 aliphatic rings. The summed E-state index contributed by atoms with van der Waals surface area (Å²) in [5.74, 6) is -0.0500. The Morgan fingerprint density at radius 1 is 1.22 bits per heavy atom. The van der Waals surface area contributed by atoms with Gasteiger partial charge in [0.05, 0.1) is 10.5 Å². The topological polar surface area (TPSA) is 58.4 Å². The molecule has 0 aliphatic carbocycles. The van der Waals surface area contributed by atoms with Crippen molar-refractivity contribution in [1.29, 1.82) is 0 Å². The molecule has 7 heteroatoms. The predicted molar refractivity (Wildman–Crippen MR) is 107 cm³/mol. The van der Waals surface area contributed by atoms with E-state index < -0.39 is 5.60 Å². The van der Waals surface area contributed by atoms with Crippen molar-refractivity contribution < 1.29 is 9.90 Å². The fourth-order valence-corrected chi connectivity index (χ4v) is 4.31. The average molecular weight is 402 g/mol. The van der Waals surface area contributed by atoms with Crippen LogP contribution in [0, 0.1) is 0 Å². The highest BCUT2D eigenvalue weighted by Gasteiger charge is 2.36. The number of aliphatic hydroxyl groups is 1. The summed E-state index contributed by atoms with van der Waals surface area (Å²) < 4.78 is 1.64. The number of hydrogen-bond donors (Lipinski definition) is 1. The maximum absolute atomic E-state index is 13.0. The maximum atomic E-state index is 13.0. The van der Waals surface area contributed by atoms with E-state index in [1.165, 1.54) is 0 Å². The summed E-state index contributed by atoms with van der Waals surface area (Å²) in [6, 6.07) is 13.1. The van der Waals surface area contributed by atoms with Crippen LogP contribution in [0.5, 0.6) is 0 Å². The van der Waals surface area contributed by atoms with E-state index in [0.29, 0.717) is 36.6 Å². The Labute approximate surface area is 166 Å². The van der Waals surface area contributed by atoms with Gasteiger partial charge in [-0.3, -0.25) is 9.48 Å². The van der Waals surface area contributed by atoms with E-state index in [9.17, 15) is 9.90 Å². The predicted octanol–water partition coefficient (Wildman–Crippen LogP) is 3.93. The molecule has 1 amide bonds. The van der Waals surface area contributed by atoms with Crippen molar-refractivity contribution in [3.05, 3.63) is 64.1 Å². The molecule has 0 spiro atoms. The summed E-state index contributed by atoms with van der Waals surface area (Å²) in [5, 5.41) is 18.1. The molecule has 1 saturated heterocycles. The highest BCUT2D eigenvalue weighted by molar-refractivity contribution is 7.13. The summed E-state index contributed by atoms with van der Waals surface area (Å²) in [6.07, 6.45) is 0.992. The van der Waals surface area contributed by atoms with Crippen LogP contribution in [-0.4, -0.2) is 38.8 Å². The molecule has 0 saturated carbocycles. The maximum Gasteiger partial charge on any atom is 0.272 e. The fourth-order valence-electron chi connectivity index (χ4n) is 3.50. The third-order valence-electron chi connectivity index (χ3n) is 5.13. The number of nitrogens with zero attached hydrogens (tertiary/aromatic N) is 3. The molecular weight excluding hydrogens is 382 g/mol. The summed E-state index contributed by atoms with van der Waals surface area (Å²) in [6.45, 7) is 0.995. The molecule has 4 rings (SSSR count). The number of aromatic nitrogens is 2. The van der Waals surface area contributed by atoms with Crippen molar-refractivity contribution >= 4 is 28.8 Å². The van der Waals surface area contributed by atoms with Crippen molar-refractivity contribution in [3.63, 3.8) is 0 Å². The van der Waals surface area contributed by atoms with Gasteiger partial charge in [-0.15, -0.1) is 11.3 Å². The number of likely N-dealkylation sites (tertiary alicyclic amines) is 1. The lowest BCUT2D eigenvalue weighted by atomic mass is 9.84. The highest BCUT2D eigenvalue weighted by atomic mass is 35.5. The standard InChI is InChI=1S/C20H20ClN3O2S/c1-23-17(13-16(22-23)18-3-2-12-27-18)19(25)24-10-8-20(26,9-11-24)14-4-6-15(21)7-5-14/h2-7,12-13,26H,8-11H2,1H3. The van der Waals surface area contributed by atoms with E-state index in [1.807, 2.05) is 35.7 Å². The molecule has 5 nitrogen and oxygen atoms in total. The van der Waals surface area contributed by atoms with Gasteiger partial charge in [0.15, 0.2) is 0 Å². The minimum Gasteiger partial charge on any atom is -0.385 e. The molecule has 3 aromatic rings. The van der Waals surface area contributed by atoms with Gasteiger partial charge >= 0.3 is 0 Å². The van der Waals surface area contributed by atoms with Crippen LogP contribution >= 0.6 is 22.9 Å². The van der Waals surface area contributed by atoms with Gasteiger partial charge in [0, 0.05) is 25.2 Å². The Balaban J connectivity index is 1.48. The summed E-state index contributed by atoms with van der Waals surface area (Å²) in [4.78, 5) is 15.8. The largest absolute Gasteiger partial charge is 0.385 e. The number of aryl methyl sites for hydroxylation is 1. The first-order valence-corrected chi connectivity index (χ1v) is 10.1. The Morgan fingerprint density at radius 2 is 1.93 bits per heavy atom. The van der Waals surface area contributed by atoms with Crippen LogP contribution in [-0.2, 0) is 12.6 Å². The van der Waals surface area contributed by atoms with Gasteiger partial charge in [0.2, 0.25) is 0 Å². The third kappa shape index (κ3) is 3.52. The van der Waals surface area contributed by atoms with E-state index in [4.69, 9.17) is 11.6 Å². The molecule has 1 fully saturated rings. The quantitative estimate of drug-likeness (QED) is 0.723. The number of benzene rings is 1. The SMILES string of the molecule is Cn1nc(-c2cccs2)cc1C(=O)N1CCC(O)(c2ccc(Cl)cc2)CC1. The zero-order valence-corrected chi connectivity index (χ0v) is 16.5. The van der Waals surface area contributed by atoms with Crippen molar-refractivity contribution in [2.24, 2.45) is 7.05 Å². The second-order valence-corrected chi connectivity index (χ2v) is 8.23. The van der Waals surface area contributed by atoms with Crippen LogP contribution in [0.25, 0.3) is 10.6 Å². The number of carbonyl (C=O) groups excluding carboxylic acids is 1. The van der Waals surface area contributed by atoms with Crippen molar-refractivity contribution in [2.45, 2.75) is 18.4 Å². The van der Waals surface area contributed by atoms with Crippen LogP contribution in [0.3, 0.4) is 0 Å². The van der Waals surface area contributed by atoms with Gasteiger partial charge in [0.25, 0.3) is 5.91 Å². The second kappa shape index (κ2) is 7.11. The van der Waals surface area contributed by atoms with Crippen LogP contribution in [0.1, 0.15) is 28.9 Å². The lowest BCUT2D eigenvalue weighted by Gasteiger charge is -2.38. The highest BCUT2D eigenvalue weighted by Crippen LogP contribution is 2.34. The van der Waals surface area contributed by atoms with E-state index in [-0.39, 0.29) is 5.91 Å². The average Bonchev–Trinajstić information content (AvgIpc) is 3.32. The Kier molecular flexibility index (Phi) is 4.80. The third-order valence-corrected chi connectivity index (χ3v) is 6.28. The van der Waals surface area contributed by atoms with Gasteiger partial charge in [-0.25, -0.2) is 0 Å². The van der Waals surface area contributed by atoms with Crippen molar-refractivity contribution in [3.8, 4) is 10.6 Å². The number of carbonyl (C=O) groups is 1. The monoisotopic (exact) mass is 401 g/mol. The first kappa shape index (κ1) is 18.2. The number of rotatable bonds is 3. The number of piperidine rings is 1. The molecule has 0 atom stereocenters. The number of thiophene rings is 1. The Morgan fingerprint density at radius 3 is 2.56 bits per heavy atom. The van der Waals surface area contributed by atoms with Crippen molar-refractivity contribution in [2.75, 3.05) is 13.1 Å². The van der Waals surface area contributed by atoms with Gasteiger partial charge < -0.3 is 10.0 Å². The Hall–Kier alpha value is -2.15. The zero-order valence-electron chi connectivity index (χ0n) is 14.9. The smallest absolute Gasteiger partial charge is 0.272 e. The molecule has 1 aromatic carbocycles. The fraction of sp³-hybridized carbons (Fsp3) is 0.300. The van der Waals surface area contributed by atoms with Gasteiger partial charge in [-0.2, -0.15) is 5.10 Å². The van der Waals surface area contributed by atoms with Crippen LogP contribution in [0.15, 0.2) is 47.8 Å². The number of hydrogen-bond acceptors (Lipinski definition) is 4. The second-order valence-electron chi connectivity index (χ2n) is 6.85. The lowest BCUT2D eigenvalue weighted by Crippen LogP contribution is -2.45. The molecule has 1 aliphatic heterocycles. The number of halogens is 1. The number of amides is 1. The minimum atomic E-state index is -0.921. The molecular formula is C20H20ClN3O2S. The van der Waals surface area contributed by atoms with Gasteiger partial charge in [-0.1, -0.05) is 29.8 Å². The molecule has 0 radical (unpaired) electrons. The van der Waals surface area contributed by atoms with Gasteiger partial charge in [0.1, 0.15) is 11.4 Å². The van der Waals surface area contributed by atoms with Gasteiger partial charge in [-0.05, 0) is 48.1 Å². The minimum absolute atomic E-state index is 0.0500. The molecule has 27 heavy (non-hydrogen) atoms. The molecule has 3 heterocycles.